The molecule has 0 aliphatic carbocycles. The van der Waals surface area contributed by atoms with E-state index in [2.05, 4.69) is 45.7 Å². The smallest absolute Gasteiger partial charge is 0.313 e. The molecule has 112 valence electrons. The van der Waals surface area contributed by atoms with Crippen LogP contribution in [0.1, 0.15) is 26.7 Å². The standard InChI is InChI=1S/C13H16Br2ClNO3/c1-3-13(4-2,7-14)8-20-12-10(15)5-9(16)6-11(12)17(18)19/h5-6H,3-4,7-8H2,1-2H3. The largest absolute Gasteiger partial charge is 0.485 e. The number of rotatable bonds is 7. The molecule has 0 aromatic heterocycles. The second-order valence-corrected chi connectivity index (χ2v) is 6.47. The van der Waals surface area contributed by atoms with E-state index in [1.54, 1.807) is 6.07 Å². The molecule has 7 heteroatoms. The first-order valence-corrected chi connectivity index (χ1v) is 8.50. The Morgan fingerprint density at radius 1 is 1.40 bits per heavy atom. The van der Waals surface area contributed by atoms with E-state index in [1.165, 1.54) is 6.07 Å². The van der Waals surface area contributed by atoms with Crippen LogP contribution in [-0.2, 0) is 0 Å². The third-order valence-electron chi connectivity index (χ3n) is 3.49. The van der Waals surface area contributed by atoms with Gasteiger partial charge in [-0.05, 0) is 34.8 Å². The van der Waals surface area contributed by atoms with Crippen molar-refractivity contribution in [3.05, 3.63) is 31.7 Å². The highest BCUT2D eigenvalue weighted by Crippen LogP contribution is 2.39. The van der Waals surface area contributed by atoms with E-state index in [0.717, 1.165) is 18.2 Å². The van der Waals surface area contributed by atoms with Crippen molar-refractivity contribution in [1.29, 1.82) is 0 Å². The van der Waals surface area contributed by atoms with Gasteiger partial charge >= 0.3 is 5.69 Å². The first-order chi connectivity index (χ1) is 9.39. The Bertz CT molecular complexity index is 484. The maximum Gasteiger partial charge on any atom is 0.313 e. The summed E-state index contributed by atoms with van der Waals surface area (Å²) in [6, 6.07) is 2.90. The summed E-state index contributed by atoms with van der Waals surface area (Å²) < 4.78 is 6.24. The van der Waals surface area contributed by atoms with Crippen LogP contribution in [0.25, 0.3) is 0 Å². The lowest BCUT2D eigenvalue weighted by atomic mass is 9.86. The van der Waals surface area contributed by atoms with Crippen LogP contribution >= 0.6 is 43.5 Å². The molecule has 0 spiro atoms. The summed E-state index contributed by atoms with van der Waals surface area (Å²) in [5.41, 5.74) is -0.160. The van der Waals surface area contributed by atoms with Crippen LogP contribution in [0.15, 0.2) is 16.6 Å². The van der Waals surface area contributed by atoms with Gasteiger partial charge in [0.2, 0.25) is 5.75 Å². The topological polar surface area (TPSA) is 52.4 Å². The van der Waals surface area contributed by atoms with Crippen molar-refractivity contribution in [2.75, 3.05) is 11.9 Å². The molecule has 1 rings (SSSR count). The van der Waals surface area contributed by atoms with Gasteiger partial charge in [0.25, 0.3) is 0 Å². The van der Waals surface area contributed by atoms with E-state index in [1.807, 2.05) is 0 Å². The summed E-state index contributed by atoms with van der Waals surface area (Å²) in [6.45, 7) is 4.57. The molecule has 1 aromatic rings. The molecule has 1 aromatic carbocycles. The molecule has 0 saturated heterocycles. The van der Waals surface area contributed by atoms with Crippen LogP contribution in [0.5, 0.6) is 5.75 Å². The lowest BCUT2D eigenvalue weighted by Gasteiger charge is -2.29. The zero-order chi connectivity index (χ0) is 15.3. The highest BCUT2D eigenvalue weighted by atomic mass is 79.9. The van der Waals surface area contributed by atoms with Gasteiger partial charge in [-0.3, -0.25) is 10.1 Å². The van der Waals surface area contributed by atoms with E-state index in [4.69, 9.17) is 16.3 Å². The molecule has 4 nitrogen and oxygen atoms in total. The van der Waals surface area contributed by atoms with Crippen LogP contribution in [0, 0.1) is 15.5 Å². The van der Waals surface area contributed by atoms with E-state index >= 15 is 0 Å². The number of alkyl halides is 1. The van der Waals surface area contributed by atoms with Crippen molar-refractivity contribution >= 4 is 49.1 Å². The summed E-state index contributed by atoms with van der Waals surface area (Å²) >= 11 is 12.6. The van der Waals surface area contributed by atoms with Gasteiger partial charge in [-0.15, -0.1) is 0 Å². The van der Waals surface area contributed by atoms with E-state index in [9.17, 15) is 10.1 Å². The molecule has 0 saturated carbocycles. The lowest BCUT2D eigenvalue weighted by Crippen LogP contribution is -2.29. The predicted octanol–water partition coefficient (Wildman–Crippen LogP) is 5.59. The number of hydrogen-bond donors (Lipinski definition) is 0. The van der Waals surface area contributed by atoms with E-state index < -0.39 is 4.92 Å². The van der Waals surface area contributed by atoms with Crippen LogP contribution in [0.3, 0.4) is 0 Å². The fourth-order valence-corrected chi connectivity index (χ4v) is 3.60. The van der Waals surface area contributed by atoms with Gasteiger partial charge in [0, 0.05) is 21.8 Å². The number of ether oxygens (including phenoxy) is 1. The van der Waals surface area contributed by atoms with Gasteiger partial charge in [-0.2, -0.15) is 0 Å². The number of benzene rings is 1. The summed E-state index contributed by atoms with van der Waals surface area (Å²) in [5.74, 6) is 0.228. The normalized spacial score (nSPS) is 11.4. The molecule has 0 unspecified atom stereocenters. The number of hydrogen-bond acceptors (Lipinski definition) is 3. The molecule has 0 bridgehead atoms. The van der Waals surface area contributed by atoms with Crippen molar-refractivity contribution in [3.8, 4) is 5.75 Å². The third kappa shape index (κ3) is 4.09. The molecule has 20 heavy (non-hydrogen) atoms. The molecule has 0 fully saturated rings. The van der Waals surface area contributed by atoms with Gasteiger partial charge in [0.05, 0.1) is 16.0 Å². The second kappa shape index (κ2) is 7.61. The van der Waals surface area contributed by atoms with Crippen molar-refractivity contribution < 1.29 is 9.66 Å². The average Bonchev–Trinajstić information content (AvgIpc) is 2.41. The average molecular weight is 430 g/mol. The van der Waals surface area contributed by atoms with Crippen LogP contribution in [0.4, 0.5) is 5.69 Å². The fourth-order valence-electron chi connectivity index (χ4n) is 1.73. The van der Waals surface area contributed by atoms with Gasteiger partial charge in [0.1, 0.15) is 0 Å². The van der Waals surface area contributed by atoms with Crippen LogP contribution in [0.2, 0.25) is 5.02 Å². The Hall–Kier alpha value is -0.330. The second-order valence-electron chi connectivity index (χ2n) is 4.62. The highest BCUT2D eigenvalue weighted by molar-refractivity contribution is 9.10. The minimum absolute atomic E-state index is 0.0348. The number of nitro benzene ring substituents is 1. The Morgan fingerprint density at radius 3 is 2.45 bits per heavy atom. The fraction of sp³-hybridized carbons (Fsp3) is 0.538. The van der Waals surface area contributed by atoms with Gasteiger partial charge in [-0.25, -0.2) is 0 Å². The highest BCUT2D eigenvalue weighted by Gasteiger charge is 2.28. The molecule has 0 aliphatic rings. The Kier molecular flexibility index (Phi) is 6.75. The molecule has 0 heterocycles. The Morgan fingerprint density at radius 2 is 2.00 bits per heavy atom. The number of nitrogens with zero attached hydrogens (tertiary/aromatic N) is 1. The van der Waals surface area contributed by atoms with E-state index in [0.29, 0.717) is 16.1 Å². The SMILES string of the molecule is CCC(CC)(CBr)COc1c(Br)cc(Cl)cc1[N+](=O)[O-]. The zero-order valence-corrected chi connectivity index (χ0v) is 15.2. The first kappa shape index (κ1) is 17.7. The quantitative estimate of drug-likeness (QED) is 0.322. The molecule has 0 aliphatic heterocycles. The van der Waals surface area contributed by atoms with Crippen molar-refractivity contribution in [1.82, 2.24) is 0 Å². The summed E-state index contributed by atoms with van der Waals surface area (Å²) in [7, 11) is 0. The molecule has 0 radical (unpaired) electrons. The number of halogens is 3. The van der Waals surface area contributed by atoms with Gasteiger partial charge < -0.3 is 4.74 Å². The molecule has 0 atom stereocenters. The predicted molar refractivity (Wildman–Crippen MR) is 88.1 cm³/mol. The van der Waals surface area contributed by atoms with Gasteiger partial charge in [-0.1, -0.05) is 41.4 Å². The summed E-state index contributed by atoms with van der Waals surface area (Å²) in [4.78, 5) is 10.6. The third-order valence-corrected chi connectivity index (χ3v) is 5.49. The van der Waals surface area contributed by atoms with E-state index in [-0.39, 0.29) is 16.9 Å². The maximum atomic E-state index is 11.1. The summed E-state index contributed by atoms with van der Waals surface area (Å²) in [5, 5.41) is 12.2. The van der Waals surface area contributed by atoms with Crippen molar-refractivity contribution in [2.24, 2.45) is 5.41 Å². The van der Waals surface area contributed by atoms with Crippen molar-refractivity contribution in [2.45, 2.75) is 26.7 Å². The molecular weight excluding hydrogens is 413 g/mol. The minimum atomic E-state index is -0.486. The lowest BCUT2D eigenvalue weighted by molar-refractivity contribution is -0.386. The zero-order valence-electron chi connectivity index (χ0n) is 11.3. The Balaban J connectivity index is 3.06. The molecule has 0 N–H and O–H groups in total. The van der Waals surface area contributed by atoms with Crippen molar-refractivity contribution in [3.63, 3.8) is 0 Å². The minimum Gasteiger partial charge on any atom is -0.485 e. The van der Waals surface area contributed by atoms with Gasteiger partial charge in [0.15, 0.2) is 0 Å². The first-order valence-electron chi connectivity index (χ1n) is 6.21. The maximum absolute atomic E-state index is 11.1. The summed E-state index contributed by atoms with van der Waals surface area (Å²) in [6.07, 6.45) is 1.85. The van der Waals surface area contributed by atoms with Crippen LogP contribution in [-0.4, -0.2) is 16.9 Å². The monoisotopic (exact) mass is 427 g/mol. The molecule has 0 amide bonds. The Labute approximate surface area is 140 Å². The number of nitro groups is 1. The van der Waals surface area contributed by atoms with Crippen LogP contribution < -0.4 is 4.74 Å². The molecular formula is C13H16Br2ClNO3.